The number of H-pyrrole nitrogens is 1. The lowest BCUT2D eigenvalue weighted by molar-refractivity contribution is -0.386. The number of hydrogen-bond acceptors (Lipinski definition) is 6. The molecule has 0 aliphatic heterocycles. The quantitative estimate of drug-likeness (QED) is 0.603. The Hall–Kier alpha value is -2.84. The SMILES string of the molecule is O=c1[nH]c2ncc([N+](=O)[O-])cc2cc1[N+](=O)[O-]. The summed E-state index contributed by atoms with van der Waals surface area (Å²) >= 11 is 0. The van der Waals surface area contributed by atoms with Gasteiger partial charge in [0.25, 0.3) is 5.69 Å². The molecule has 0 aliphatic rings. The average Bonchev–Trinajstić information content (AvgIpc) is 2.27. The van der Waals surface area contributed by atoms with E-state index in [1.165, 1.54) is 0 Å². The van der Waals surface area contributed by atoms with Gasteiger partial charge in [0, 0.05) is 17.5 Å². The van der Waals surface area contributed by atoms with Crippen molar-refractivity contribution in [1.29, 1.82) is 0 Å². The van der Waals surface area contributed by atoms with Gasteiger partial charge in [-0.2, -0.15) is 0 Å². The molecule has 0 aromatic carbocycles. The Morgan fingerprint density at radius 3 is 2.47 bits per heavy atom. The zero-order chi connectivity index (χ0) is 12.6. The molecule has 0 fully saturated rings. The maximum atomic E-state index is 11.2. The Bertz CT molecular complexity index is 692. The molecule has 2 aromatic rings. The topological polar surface area (TPSA) is 132 Å². The fraction of sp³-hybridized carbons (Fsp3) is 0. The third kappa shape index (κ3) is 1.80. The van der Waals surface area contributed by atoms with E-state index in [0.717, 1.165) is 18.3 Å². The van der Waals surface area contributed by atoms with E-state index in [1.54, 1.807) is 0 Å². The van der Waals surface area contributed by atoms with Crippen molar-refractivity contribution in [2.45, 2.75) is 0 Å². The van der Waals surface area contributed by atoms with Gasteiger partial charge in [-0.1, -0.05) is 0 Å². The molecule has 0 bridgehead atoms. The van der Waals surface area contributed by atoms with Crippen LogP contribution in [0.25, 0.3) is 11.0 Å². The fourth-order valence-corrected chi connectivity index (χ4v) is 1.30. The molecule has 17 heavy (non-hydrogen) atoms. The van der Waals surface area contributed by atoms with Gasteiger partial charge < -0.3 is 4.98 Å². The summed E-state index contributed by atoms with van der Waals surface area (Å²) in [5, 5.41) is 21.1. The molecule has 0 unspecified atom stereocenters. The monoisotopic (exact) mass is 236 g/mol. The second-order valence-electron chi connectivity index (χ2n) is 3.13. The molecular formula is C8H4N4O5. The number of aromatic amines is 1. The Kier molecular flexibility index (Phi) is 2.28. The van der Waals surface area contributed by atoms with Crippen LogP contribution in [0.15, 0.2) is 23.1 Å². The number of aromatic nitrogens is 2. The van der Waals surface area contributed by atoms with E-state index in [0.29, 0.717) is 0 Å². The van der Waals surface area contributed by atoms with Gasteiger partial charge in [-0.15, -0.1) is 0 Å². The van der Waals surface area contributed by atoms with Crippen LogP contribution in [0.3, 0.4) is 0 Å². The number of nitro groups is 2. The first-order chi connectivity index (χ1) is 7.99. The zero-order valence-electron chi connectivity index (χ0n) is 8.11. The summed E-state index contributed by atoms with van der Waals surface area (Å²) in [7, 11) is 0. The third-order valence-corrected chi connectivity index (χ3v) is 2.07. The minimum absolute atomic E-state index is 0.0613. The van der Waals surface area contributed by atoms with Gasteiger partial charge in [0.1, 0.15) is 11.8 Å². The number of rotatable bonds is 2. The molecule has 0 spiro atoms. The third-order valence-electron chi connectivity index (χ3n) is 2.07. The van der Waals surface area contributed by atoms with Crippen molar-refractivity contribution in [3.63, 3.8) is 0 Å². The summed E-state index contributed by atoms with van der Waals surface area (Å²) in [4.78, 5) is 36.5. The first kappa shape index (κ1) is 10.7. The normalized spacial score (nSPS) is 10.4. The number of nitrogens with one attached hydrogen (secondary N) is 1. The van der Waals surface area contributed by atoms with Crippen LogP contribution in [0.2, 0.25) is 0 Å². The molecule has 0 amide bonds. The van der Waals surface area contributed by atoms with Crippen molar-refractivity contribution >= 4 is 22.4 Å². The molecule has 86 valence electrons. The van der Waals surface area contributed by atoms with Crippen molar-refractivity contribution in [1.82, 2.24) is 9.97 Å². The van der Waals surface area contributed by atoms with Gasteiger partial charge >= 0.3 is 11.2 Å². The summed E-state index contributed by atoms with van der Waals surface area (Å²) in [6.45, 7) is 0. The van der Waals surface area contributed by atoms with E-state index in [-0.39, 0.29) is 16.7 Å². The summed E-state index contributed by atoms with van der Waals surface area (Å²) in [6.07, 6.45) is 0.962. The molecule has 2 aromatic heterocycles. The van der Waals surface area contributed by atoms with Crippen LogP contribution in [0.1, 0.15) is 0 Å². The summed E-state index contributed by atoms with van der Waals surface area (Å²) in [6, 6.07) is 2.05. The van der Waals surface area contributed by atoms with Crippen LogP contribution < -0.4 is 5.56 Å². The van der Waals surface area contributed by atoms with Crippen molar-refractivity contribution < 1.29 is 9.85 Å². The minimum atomic E-state index is -0.899. The number of hydrogen-bond donors (Lipinski definition) is 1. The van der Waals surface area contributed by atoms with E-state index < -0.39 is 21.1 Å². The molecule has 0 aliphatic carbocycles. The van der Waals surface area contributed by atoms with Crippen LogP contribution in [-0.4, -0.2) is 19.8 Å². The van der Waals surface area contributed by atoms with Crippen LogP contribution in [0.4, 0.5) is 11.4 Å². The van der Waals surface area contributed by atoms with Crippen molar-refractivity contribution in [2.24, 2.45) is 0 Å². The molecule has 0 radical (unpaired) electrons. The van der Waals surface area contributed by atoms with Gasteiger partial charge in [-0.25, -0.2) is 4.98 Å². The number of nitrogens with zero attached hydrogens (tertiary/aromatic N) is 3. The summed E-state index contributed by atoms with van der Waals surface area (Å²) in [5.74, 6) is 0. The van der Waals surface area contributed by atoms with Crippen LogP contribution in [-0.2, 0) is 0 Å². The highest BCUT2D eigenvalue weighted by atomic mass is 16.6. The highest BCUT2D eigenvalue weighted by molar-refractivity contribution is 5.78. The van der Waals surface area contributed by atoms with Crippen molar-refractivity contribution in [3.8, 4) is 0 Å². The minimum Gasteiger partial charge on any atom is -0.301 e. The maximum absolute atomic E-state index is 11.2. The molecular weight excluding hydrogens is 232 g/mol. The smallest absolute Gasteiger partial charge is 0.301 e. The van der Waals surface area contributed by atoms with E-state index in [2.05, 4.69) is 9.97 Å². The summed E-state index contributed by atoms with van der Waals surface area (Å²) < 4.78 is 0. The van der Waals surface area contributed by atoms with E-state index in [1.807, 2.05) is 0 Å². The molecule has 0 atom stereocenters. The molecule has 0 saturated heterocycles. The molecule has 0 saturated carbocycles. The largest absolute Gasteiger partial charge is 0.334 e. The van der Waals surface area contributed by atoms with Gasteiger partial charge in [-0.3, -0.25) is 25.0 Å². The van der Waals surface area contributed by atoms with Crippen molar-refractivity contribution in [2.75, 3.05) is 0 Å². The first-order valence-electron chi connectivity index (χ1n) is 4.31. The molecule has 2 heterocycles. The van der Waals surface area contributed by atoms with Crippen LogP contribution in [0.5, 0.6) is 0 Å². The molecule has 9 nitrogen and oxygen atoms in total. The number of pyridine rings is 2. The maximum Gasteiger partial charge on any atom is 0.334 e. The van der Waals surface area contributed by atoms with E-state index in [4.69, 9.17) is 0 Å². The lowest BCUT2D eigenvalue weighted by atomic mass is 10.2. The highest BCUT2D eigenvalue weighted by Gasteiger charge is 2.15. The van der Waals surface area contributed by atoms with Gasteiger partial charge in [0.05, 0.1) is 9.85 Å². The van der Waals surface area contributed by atoms with Crippen LogP contribution >= 0.6 is 0 Å². The Morgan fingerprint density at radius 1 is 1.18 bits per heavy atom. The average molecular weight is 236 g/mol. The fourth-order valence-electron chi connectivity index (χ4n) is 1.30. The van der Waals surface area contributed by atoms with E-state index >= 15 is 0 Å². The lowest BCUT2D eigenvalue weighted by Gasteiger charge is -1.97. The standard InChI is InChI=1S/C8H4N4O5/c13-8-6(12(16)17)2-4-1-5(11(14)15)3-9-7(4)10-8/h1-3H,(H,9,10,13). The van der Waals surface area contributed by atoms with Gasteiger partial charge in [0.15, 0.2) is 0 Å². The molecule has 9 heteroatoms. The number of fused-ring (bicyclic) bond motifs is 1. The van der Waals surface area contributed by atoms with Gasteiger partial charge in [0.2, 0.25) is 0 Å². The molecule has 1 N–H and O–H groups in total. The lowest BCUT2D eigenvalue weighted by Crippen LogP contribution is -2.11. The summed E-state index contributed by atoms with van der Waals surface area (Å²) in [5.41, 5.74) is -1.83. The molecule has 2 rings (SSSR count). The second-order valence-corrected chi connectivity index (χ2v) is 3.13. The van der Waals surface area contributed by atoms with Crippen molar-refractivity contribution in [3.05, 3.63) is 48.9 Å². The first-order valence-corrected chi connectivity index (χ1v) is 4.31. The van der Waals surface area contributed by atoms with Gasteiger partial charge in [-0.05, 0) is 0 Å². The second kappa shape index (κ2) is 3.63. The zero-order valence-corrected chi connectivity index (χ0v) is 8.11. The Balaban J connectivity index is 2.77. The van der Waals surface area contributed by atoms with Crippen LogP contribution in [0, 0.1) is 20.2 Å². The van der Waals surface area contributed by atoms with E-state index in [9.17, 15) is 25.0 Å². The predicted octanol–water partition coefficient (Wildman–Crippen LogP) is 0.739. The Labute approximate surface area is 92.0 Å². The highest BCUT2D eigenvalue weighted by Crippen LogP contribution is 2.18. The Morgan fingerprint density at radius 2 is 1.88 bits per heavy atom. The predicted molar refractivity (Wildman–Crippen MR) is 55.7 cm³/mol.